The van der Waals surface area contributed by atoms with E-state index in [1.165, 1.54) is 5.69 Å². The Bertz CT molecular complexity index is 965. The van der Waals surface area contributed by atoms with Crippen LogP contribution in [0.2, 0.25) is 0 Å². The van der Waals surface area contributed by atoms with Crippen molar-refractivity contribution in [3.05, 3.63) is 59.8 Å². The summed E-state index contributed by atoms with van der Waals surface area (Å²) in [5.74, 6) is 1.09. The van der Waals surface area contributed by atoms with Crippen LogP contribution in [0.3, 0.4) is 0 Å². The van der Waals surface area contributed by atoms with E-state index in [9.17, 15) is 4.79 Å². The number of hydrogen-bond donors (Lipinski definition) is 1. The predicted molar refractivity (Wildman–Crippen MR) is 102 cm³/mol. The van der Waals surface area contributed by atoms with E-state index in [-0.39, 0.29) is 11.4 Å². The van der Waals surface area contributed by atoms with Crippen molar-refractivity contribution in [2.45, 2.75) is 31.3 Å². The Morgan fingerprint density at radius 3 is 2.93 bits per heavy atom. The van der Waals surface area contributed by atoms with Gasteiger partial charge in [0.15, 0.2) is 5.76 Å². The molecule has 0 bridgehead atoms. The summed E-state index contributed by atoms with van der Waals surface area (Å²) in [6, 6.07) is 5.49. The number of rotatable bonds is 3. The highest BCUT2D eigenvalue weighted by atomic mass is 16.4. The number of piperidine rings is 1. The third-order valence-corrected chi connectivity index (χ3v) is 6.21. The van der Waals surface area contributed by atoms with Crippen molar-refractivity contribution in [1.82, 2.24) is 29.5 Å². The molecule has 0 aromatic carbocycles. The molecule has 8 heteroatoms. The van der Waals surface area contributed by atoms with Crippen molar-refractivity contribution in [2.24, 2.45) is 0 Å². The van der Waals surface area contributed by atoms with Crippen LogP contribution in [0, 0.1) is 0 Å². The van der Waals surface area contributed by atoms with Crippen LogP contribution in [0.25, 0.3) is 0 Å². The fraction of sp³-hybridized carbons (Fsp3) is 0.450. The molecule has 0 radical (unpaired) electrons. The van der Waals surface area contributed by atoms with E-state index >= 15 is 0 Å². The van der Waals surface area contributed by atoms with Gasteiger partial charge < -0.3 is 14.3 Å². The van der Waals surface area contributed by atoms with Gasteiger partial charge in [-0.15, -0.1) is 0 Å². The molecule has 2 aliphatic heterocycles. The summed E-state index contributed by atoms with van der Waals surface area (Å²) in [5.41, 5.74) is 2.33. The number of carbonyl (C=O) groups excluding carboxylic acids is 1. The number of aromatic nitrogens is 4. The molecule has 8 nitrogen and oxygen atoms in total. The maximum Gasteiger partial charge on any atom is 0.289 e. The smallest absolute Gasteiger partial charge is 0.289 e. The fourth-order valence-electron chi connectivity index (χ4n) is 4.57. The number of nitrogens with one attached hydrogen (secondary N) is 1. The van der Waals surface area contributed by atoms with Gasteiger partial charge in [-0.3, -0.25) is 14.4 Å². The van der Waals surface area contributed by atoms with Crippen LogP contribution in [-0.4, -0.2) is 62.1 Å². The summed E-state index contributed by atoms with van der Waals surface area (Å²) in [5, 5.41) is 4.17. The van der Waals surface area contributed by atoms with E-state index in [0.29, 0.717) is 25.4 Å². The Labute approximate surface area is 163 Å². The highest BCUT2D eigenvalue weighted by Gasteiger charge is 2.45. The third-order valence-electron chi connectivity index (χ3n) is 6.21. The van der Waals surface area contributed by atoms with Crippen molar-refractivity contribution >= 4 is 5.91 Å². The van der Waals surface area contributed by atoms with Crippen molar-refractivity contribution in [2.75, 3.05) is 26.7 Å². The Morgan fingerprint density at radius 1 is 1.29 bits per heavy atom. The van der Waals surface area contributed by atoms with E-state index in [4.69, 9.17) is 4.42 Å². The molecular weight excluding hydrogens is 356 g/mol. The first kappa shape index (κ1) is 17.2. The summed E-state index contributed by atoms with van der Waals surface area (Å²) in [6.07, 6.45) is 8.17. The number of carbonyl (C=O) groups is 1. The van der Waals surface area contributed by atoms with Crippen LogP contribution in [0.1, 0.15) is 40.5 Å². The van der Waals surface area contributed by atoms with Crippen molar-refractivity contribution in [3.63, 3.8) is 0 Å². The lowest BCUT2D eigenvalue weighted by atomic mass is 9.79. The summed E-state index contributed by atoms with van der Waals surface area (Å²) >= 11 is 0. The summed E-state index contributed by atoms with van der Waals surface area (Å²) in [6.45, 7) is 2.93. The van der Waals surface area contributed by atoms with Gasteiger partial charge in [0.25, 0.3) is 5.91 Å². The number of aromatic amines is 1. The van der Waals surface area contributed by atoms with Gasteiger partial charge in [-0.05, 0) is 38.1 Å². The largest absolute Gasteiger partial charge is 0.454 e. The van der Waals surface area contributed by atoms with Gasteiger partial charge in [0, 0.05) is 44.1 Å². The molecule has 2 aliphatic rings. The number of furan rings is 1. The fourth-order valence-corrected chi connectivity index (χ4v) is 4.57. The second kappa shape index (κ2) is 6.63. The van der Waals surface area contributed by atoms with Crippen LogP contribution in [-0.2, 0) is 18.5 Å². The molecule has 146 valence electrons. The van der Waals surface area contributed by atoms with Crippen LogP contribution >= 0.6 is 0 Å². The minimum absolute atomic E-state index is 0.0396. The lowest BCUT2D eigenvalue weighted by Gasteiger charge is -2.49. The molecule has 1 N–H and O–H groups in total. The lowest BCUT2D eigenvalue weighted by Crippen LogP contribution is -2.55. The SMILES string of the molecule is CN1CCc2[nH]cnc2C12CCN(C(=O)c1ccc(Cn3cccn3)o1)CC2. The zero-order valence-corrected chi connectivity index (χ0v) is 16.0. The van der Waals surface area contributed by atoms with E-state index in [2.05, 4.69) is 27.0 Å². The van der Waals surface area contributed by atoms with E-state index in [0.717, 1.165) is 37.3 Å². The molecule has 5 rings (SSSR count). The topological polar surface area (TPSA) is 83.2 Å². The van der Waals surface area contributed by atoms with Crippen LogP contribution in [0.4, 0.5) is 0 Å². The van der Waals surface area contributed by atoms with Gasteiger partial charge >= 0.3 is 0 Å². The molecule has 1 saturated heterocycles. The van der Waals surface area contributed by atoms with Crippen LogP contribution < -0.4 is 0 Å². The Balaban J connectivity index is 1.29. The zero-order valence-electron chi connectivity index (χ0n) is 16.0. The molecule has 0 aliphatic carbocycles. The summed E-state index contributed by atoms with van der Waals surface area (Å²) < 4.78 is 7.57. The first-order chi connectivity index (χ1) is 13.7. The monoisotopic (exact) mass is 380 g/mol. The van der Waals surface area contributed by atoms with Gasteiger partial charge in [0.2, 0.25) is 0 Å². The number of imidazole rings is 1. The quantitative estimate of drug-likeness (QED) is 0.750. The van der Waals surface area contributed by atoms with Crippen molar-refractivity contribution < 1.29 is 9.21 Å². The first-order valence-electron chi connectivity index (χ1n) is 9.75. The van der Waals surface area contributed by atoms with Crippen LogP contribution in [0.15, 0.2) is 41.3 Å². The molecule has 1 fully saturated rings. The highest BCUT2D eigenvalue weighted by Crippen LogP contribution is 2.41. The van der Waals surface area contributed by atoms with Gasteiger partial charge in [0.05, 0.1) is 24.1 Å². The van der Waals surface area contributed by atoms with Gasteiger partial charge in [-0.1, -0.05) is 0 Å². The number of likely N-dealkylation sites (tertiary alicyclic amines) is 1. The third kappa shape index (κ3) is 2.75. The maximum atomic E-state index is 12.9. The second-order valence-corrected chi connectivity index (χ2v) is 7.69. The molecule has 1 spiro atoms. The number of amides is 1. The van der Waals surface area contributed by atoms with E-state index in [1.54, 1.807) is 23.3 Å². The van der Waals surface area contributed by atoms with Gasteiger partial charge in [-0.2, -0.15) is 5.10 Å². The zero-order chi connectivity index (χ0) is 19.1. The highest BCUT2D eigenvalue weighted by molar-refractivity contribution is 5.91. The molecule has 3 aromatic heterocycles. The molecule has 0 unspecified atom stereocenters. The molecular formula is C20H24N6O2. The average molecular weight is 380 g/mol. The first-order valence-corrected chi connectivity index (χ1v) is 9.75. The minimum Gasteiger partial charge on any atom is -0.454 e. The maximum absolute atomic E-state index is 12.9. The van der Waals surface area contributed by atoms with Crippen LogP contribution in [0.5, 0.6) is 0 Å². The summed E-state index contributed by atoms with van der Waals surface area (Å²) in [4.78, 5) is 25.2. The van der Waals surface area contributed by atoms with E-state index in [1.807, 2.05) is 23.2 Å². The number of fused-ring (bicyclic) bond motifs is 2. The van der Waals surface area contributed by atoms with Gasteiger partial charge in [0.1, 0.15) is 5.76 Å². The minimum atomic E-state index is -0.0707. The molecule has 0 saturated carbocycles. The number of likely N-dealkylation sites (N-methyl/N-ethyl adjacent to an activating group) is 1. The standard InChI is InChI=1S/C20H24N6O2/c1-24-10-5-16-18(22-14-21-16)20(24)6-11-25(12-7-20)19(27)17-4-3-15(28-17)13-26-9-2-8-23-26/h2-4,8-9,14H,5-7,10-13H2,1H3,(H,21,22). The number of H-pyrrole nitrogens is 1. The number of hydrogen-bond acceptors (Lipinski definition) is 5. The number of nitrogens with zero attached hydrogens (tertiary/aromatic N) is 5. The van der Waals surface area contributed by atoms with Gasteiger partial charge in [-0.25, -0.2) is 4.98 Å². The molecule has 28 heavy (non-hydrogen) atoms. The lowest BCUT2D eigenvalue weighted by molar-refractivity contribution is 0.0211. The van der Waals surface area contributed by atoms with Crippen molar-refractivity contribution in [3.8, 4) is 0 Å². The Kier molecular flexibility index (Phi) is 4.08. The summed E-state index contributed by atoms with van der Waals surface area (Å²) in [7, 11) is 2.17. The van der Waals surface area contributed by atoms with Crippen molar-refractivity contribution in [1.29, 1.82) is 0 Å². The normalized spacial score (nSPS) is 19.1. The Morgan fingerprint density at radius 2 is 2.14 bits per heavy atom. The Hall–Kier alpha value is -2.87. The predicted octanol–water partition coefficient (Wildman–Crippen LogP) is 1.87. The second-order valence-electron chi connectivity index (χ2n) is 7.69. The molecule has 1 amide bonds. The van der Waals surface area contributed by atoms with E-state index < -0.39 is 0 Å². The molecule has 5 heterocycles. The molecule has 0 atom stereocenters. The average Bonchev–Trinajstić information content (AvgIpc) is 3.47. The molecule has 3 aromatic rings.